The van der Waals surface area contributed by atoms with E-state index in [1.54, 1.807) is 12.3 Å². The highest BCUT2D eigenvalue weighted by atomic mass is 79.9. The van der Waals surface area contributed by atoms with Crippen LogP contribution in [0.25, 0.3) is 0 Å². The molecule has 1 saturated carbocycles. The number of amides is 1. The number of aromatic nitrogens is 2. The van der Waals surface area contributed by atoms with Crippen LogP contribution < -0.4 is 5.32 Å². The minimum absolute atomic E-state index is 0.0935. The maximum Gasteiger partial charge on any atom is 0.268 e. The molecule has 6 heteroatoms. The Bertz CT molecular complexity index is 558. The summed E-state index contributed by atoms with van der Waals surface area (Å²) in [7, 11) is 0. The first-order chi connectivity index (χ1) is 8.74. The summed E-state index contributed by atoms with van der Waals surface area (Å²) in [4.78, 5) is 12.1. The second kappa shape index (κ2) is 4.61. The van der Waals surface area contributed by atoms with E-state index in [9.17, 15) is 4.79 Å². The average Bonchev–Trinajstić information content (AvgIpc) is 2.92. The van der Waals surface area contributed by atoms with Gasteiger partial charge in [-0.3, -0.25) is 4.79 Å². The van der Waals surface area contributed by atoms with Crippen molar-refractivity contribution in [2.45, 2.75) is 25.4 Å². The highest BCUT2D eigenvalue weighted by molar-refractivity contribution is 9.10. The highest BCUT2D eigenvalue weighted by Crippen LogP contribution is 2.37. The zero-order chi connectivity index (χ0) is 12.5. The molecule has 0 aliphatic heterocycles. The average molecular weight is 310 g/mol. The van der Waals surface area contributed by atoms with Crippen LogP contribution in [-0.2, 0) is 6.54 Å². The largest absolute Gasteiger partial charge is 0.360 e. The molecule has 0 spiro atoms. The number of nitrogens with one attached hydrogen (secondary N) is 1. The van der Waals surface area contributed by atoms with Crippen molar-refractivity contribution in [3.63, 3.8) is 0 Å². The number of rotatable bonds is 4. The van der Waals surface area contributed by atoms with E-state index in [4.69, 9.17) is 4.52 Å². The molecule has 2 aromatic heterocycles. The van der Waals surface area contributed by atoms with E-state index in [0.717, 1.165) is 17.3 Å². The van der Waals surface area contributed by atoms with Crippen molar-refractivity contribution < 1.29 is 9.32 Å². The number of hydrogen-bond donors (Lipinski definition) is 1. The van der Waals surface area contributed by atoms with E-state index in [-0.39, 0.29) is 5.91 Å². The molecule has 5 nitrogen and oxygen atoms in total. The van der Waals surface area contributed by atoms with E-state index in [1.165, 1.54) is 0 Å². The Balaban J connectivity index is 1.71. The van der Waals surface area contributed by atoms with Crippen molar-refractivity contribution in [1.29, 1.82) is 0 Å². The quantitative estimate of drug-likeness (QED) is 0.944. The molecule has 1 aliphatic rings. The lowest BCUT2D eigenvalue weighted by Crippen LogP contribution is -2.25. The summed E-state index contributed by atoms with van der Waals surface area (Å²) < 4.78 is 7.89. The molecular formula is C12H12BrN3O2. The van der Waals surface area contributed by atoms with E-state index >= 15 is 0 Å². The molecule has 2 heterocycles. The molecule has 1 amide bonds. The summed E-state index contributed by atoms with van der Waals surface area (Å²) in [6.07, 6.45) is 5.80. The van der Waals surface area contributed by atoms with Crippen LogP contribution in [0.1, 0.15) is 35.1 Å². The minimum Gasteiger partial charge on any atom is -0.360 e. The Hall–Kier alpha value is -1.56. The molecule has 2 aromatic rings. The maximum atomic E-state index is 12.1. The predicted molar refractivity (Wildman–Crippen MR) is 68.1 cm³/mol. The number of hydrogen-bond acceptors (Lipinski definition) is 3. The van der Waals surface area contributed by atoms with E-state index < -0.39 is 0 Å². The Morgan fingerprint density at radius 3 is 3.11 bits per heavy atom. The van der Waals surface area contributed by atoms with Crippen molar-refractivity contribution in [2.75, 3.05) is 0 Å². The van der Waals surface area contributed by atoms with Crippen LogP contribution in [0.15, 0.2) is 33.5 Å². The van der Waals surface area contributed by atoms with Gasteiger partial charge in [-0.25, -0.2) is 0 Å². The molecule has 0 bridgehead atoms. The highest BCUT2D eigenvalue weighted by Gasteiger charge is 2.27. The third-order valence-corrected chi connectivity index (χ3v) is 3.34. The Morgan fingerprint density at radius 2 is 2.44 bits per heavy atom. The number of carbonyl (C=O) groups excluding carboxylic acids is 1. The monoisotopic (exact) mass is 309 g/mol. The van der Waals surface area contributed by atoms with E-state index in [1.807, 2.05) is 16.8 Å². The summed E-state index contributed by atoms with van der Waals surface area (Å²) in [5.74, 6) is 0.552. The molecule has 1 N–H and O–H groups in total. The molecule has 0 atom stereocenters. The molecule has 0 unspecified atom stereocenters. The summed E-state index contributed by atoms with van der Waals surface area (Å²) in [5.41, 5.74) is 0.684. The van der Waals surface area contributed by atoms with Gasteiger partial charge in [-0.2, -0.15) is 0 Å². The molecule has 0 saturated heterocycles. The van der Waals surface area contributed by atoms with Gasteiger partial charge in [0.1, 0.15) is 5.69 Å². The van der Waals surface area contributed by atoms with Crippen LogP contribution in [0.2, 0.25) is 0 Å². The van der Waals surface area contributed by atoms with Crippen LogP contribution in [-0.4, -0.2) is 15.6 Å². The number of nitrogens with zero attached hydrogens (tertiary/aromatic N) is 2. The Kier molecular flexibility index (Phi) is 2.95. The molecule has 1 aliphatic carbocycles. The fraction of sp³-hybridized carbons (Fsp3) is 0.333. The first-order valence-corrected chi connectivity index (χ1v) is 6.58. The van der Waals surface area contributed by atoms with E-state index in [0.29, 0.717) is 24.0 Å². The van der Waals surface area contributed by atoms with Crippen LogP contribution in [0.4, 0.5) is 0 Å². The molecule has 1 fully saturated rings. The van der Waals surface area contributed by atoms with Gasteiger partial charge in [0.25, 0.3) is 5.91 Å². The summed E-state index contributed by atoms with van der Waals surface area (Å²) in [6.45, 7) is 0.353. The predicted octanol–water partition coefficient (Wildman–Crippen LogP) is 2.50. The number of halogens is 1. The van der Waals surface area contributed by atoms with Gasteiger partial charge in [0.05, 0.1) is 12.7 Å². The van der Waals surface area contributed by atoms with E-state index in [2.05, 4.69) is 26.4 Å². The lowest BCUT2D eigenvalue weighted by atomic mass is 10.3. The molecule has 94 valence electrons. The first-order valence-electron chi connectivity index (χ1n) is 5.79. The zero-order valence-electron chi connectivity index (χ0n) is 9.60. The van der Waals surface area contributed by atoms with Crippen LogP contribution >= 0.6 is 15.9 Å². The van der Waals surface area contributed by atoms with Gasteiger partial charge < -0.3 is 14.4 Å². The number of carbonyl (C=O) groups is 1. The smallest absolute Gasteiger partial charge is 0.268 e. The fourth-order valence-electron chi connectivity index (χ4n) is 1.87. The van der Waals surface area contributed by atoms with Gasteiger partial charge in [0.2, 0.25) is 0 Å². The normalized spacial score (nSPS) is 14.7. The lowest BCUT2D eigenvalue weighted by Gasteiger charge is -2.07. The van der Waals surface area contributed by atoms with Crippen molar-refractivity contribution in [3.05, 3.63) is 40.5 Å². The van der Waals surface area contributed by atoms with Crippen molar-refractivity contribution >= 4 is 21.8 Å². The second-order valence-electron chi connectivity index (χ2n) is 4.34. The SMILES string of the molecule is O=C(NCc1ccno1)c1cc(Br)cn1C1CC1. The van der Waals surface area contributed by atoms with Crippen LogP contribution in [0, 0.1) is 0 Å². The topological polar surface area (TPSA) is 60.1 Å². The molecule has 3 rings (SSSR count). The van der Waals surface area contributed by atoms with Gasteiger partial charge in [-0.15, -0.1) is 0 Å². The van der Waals surface area contributed by atoms with Crippen LogP contribution in [0.3, 0.4) is 0 Å². The fourth-order valence-corrected chi connectivity index (χ4v) is 2.31. The Morgan fingerprint density at radius 1 is 1.61 bits per heavy atom. The molecule has 0 radical (unpaired) electrons. The summed E-state index contributed by atoms with van der Waals surface area (Å²) in [5, 5.41) is 6.42. The molecular weight excluding hydrogens is 298 g/mol. The Labute approximate surface area is 112 Å². The maximum absolute atomic E-state index is 12.1. The van der Waals surface area contributed by atoms with Crippen molar-refractivity contribution in [3.8, 4) is 0 Å². The van der Waals surface area contributed by atoms with Crippen molar-refractivity contribution in [2.24, 2.45) is 0 Å². The van der Waals surface area contributed by atoms with Gasteiger partial charge in [0.15, 0.2) is 5.76 Å². The van der Waals surface area contributed by atoms with Gasteiger partial charge in [-0.1, -0.05) is 5.16 Å². The standard InChI is InChI=1S/C12H12BrN3O2/c13-8-5-11(16(7-8)9-1-2-9)12(17)14-6-10-3-4-15-18-10/h3-5,7,9H,1-2,6H2,(H,14,17). The lowest BCUT2D eigenvalue weighted by molar-refractivity contribution is 0.0937. The first kappa shape index (κ1) is 11.5. The third kappa shape index (κ3) is 2.33. The minimum atomic E-state index is -0.0935. The van der Waals surface area contributed by atoms with Crippen LogP contribution in [0.5, 0.6) is 0 Å². The van der Waals surface area contributed by atoms with Gasteiger partial charge in [-0.05, 0) is 34.8 Å². The summed E-state index contributed by atoms with van der Waals surface area (Å²) >= 11 is 3.41. The third-order valence-electron chi connectivity index (χ3n) is 2.90. The molecule has 18 heavy (non-hydrogen) atoms. The zero-order valence-corrected chi connectivity index (χ0v) is 11.2. The second-order valence-corrected chi connectivity index (χ2v) is 5.26. The van der Waals surface area contributed by atoms with Gasteiger partial charge in [0, 0.05) is 22.8 Å². The van der Waals surface area contributed by atoms with Gasteiger partial charge >= 0.3 is 0 Å². The van der Waals surface area contributed by atoms with Crippen molar-refractivity contribution in [1.82, 2.24) is 15.0 Å². The summed E-state index contributed by atoms with van der Waals surface area (Å²) in [6, 6.07) is 4.05. The molecule has 0 aromatic carbocycles.